The number of rotatable bonds is 6. The highest BCUT2D eigenvalue weighted by molar-refractivity contribution is 6.18. The van der Waals surface area contributed by atoms with E-state index in [0.29, 0.717) is 0 Å². The van der Waals surface area contributed by atoms with Gasteiger partial charge in [-0.15, -0.1) is 19.4 Å². The van der Waals surface area contributed by atoms with Gasteiger partial charge in [0.2, 0.25) is 0 Å². The van der Waals surface area contributed by atoms with Crippen molar-refractivity contribution in [3.8, 4) is 18.5 Å². The van der Waals surface area contributed by atoms with Crippen LogP contribution in [0.25, 0.3) is 72.1 Å². The number of anilines is 1. The molecule has 0 atom stereocenters. The summed E-state index contributed by atoms with van der Waals surface area (Å²) in [6.45, 7) is 29.4. The zero-order chi connectivity index (χ0) is 45.3. The normalized spacial score (nSPS) is 13.3. The first-order chi connectivity index (χ1) is 30.5. The van der Waals surface area contributed by atoms with E-state index in [9.17, 15) is 0 Å². The quantitative estimate of drug-likeness (QED) is 0.0949. The molecule has 8 aromatic rings. The van der Waals surface area contributed by atoms with Crippen LogP contribution in [-0.4, -0.2) is 9.13 Å². The Morgan fingerprint density at radius 3 is 2.02 bits per heavy atom. The molecule has 320 valence electrons. The van der Waals surface area contributed by atoms with E-state index in [0.717, 1.165) is 70.2 Å². The maximum atomic E-state index is 6.61. The molecule has 4 heteroatoms. The zero-order valence-electron chi connectivity index (χ0n) is 38.9. The van der Waals surface area contributed by atoms with Crippen molar-refractivity contribution in [2.45, 2.75) is 95.0 Å². The Labute approximate surface area is 371 Å². The third kappa shape index (κ3) is 9.14. The maximum Gasteiger partial charge on any atom is 0.159 e. The lowest BCUT2D eigenvalue weighted by Gasteiger charge is -2.29. The van der Waals surface area contributed by atoms with E-state index in [2.05, 4.69) is 195 Å². The predicted molar refractivity (Wildman–Crippen MR) is 277 cm³/mol. The zero-order valence-corrected chi connectivity index (χ0v) is 38.9. The van der Waals surface area contributed by atoms with Crippen LogP contribution in [0.15, 0.2) is 157 Å². The first-order valence-corrected chi connectivity index (χ1v) is 22.4. The number of benzene rings is 5. The molecule has 9 rings (SSSR count). The number of aromatic nitrogens is 2. The van der Waals surface area contributed by atoms with Crippen molar-refractivity contribution in [1.29, 1.82) is 0 Å². The number of allylic oxidation sites excluding steroid dienone is 6. The van der Waals surface area contributed by atoms with E-state index < -0.39 is 0 Å². The molecule has 0 saturated heterocycles. The molecule has 0 saturated carbocycles. The van der Waals surface area contributed by atoms with Gasteiger partial charge in [0.25, 0.3) is 0 Å². The van der Waals surface area contributed by atoms with Gasteiger partial charge in [-0.25, -0.2) is 0 Å². The fourth-order valence-electron chi connectivity index (χ4n) is 8.30. The second-order valence-corrected chi connectivity index (χ2v) is 14.0. The van der Waals surface area contributed by atoms with Crippen LogP contribution in [0.5, 0.6) is 0 Å². The van der Waals surface area contributed by atoms with Crippen molar-refractivity contribution in [1.82, 2.24) is 9.13 Å². The molecule has 0 N–H and O–H groups in total. The van der Waals surface area contributed by atoms with Crippen LogP contribution in [0, 0.1) is 12.8 Å². The van der Waals surface area contributed by atoms with Gasteiger partial charge in [-0.3, -0.25) is 0 Å². The number of terminal acetylenes is 1. The average molecular weight is 822 g/mol. The van der Waals surface area contributed by atoms with Crippen LogP contribution in [0.3, 0.4) is 0 Å². The molecule has 3 aromatic heterocycles. The highest BCUT2D eigenvalue weighted by Gasteiger charge is 2.26. The summed E-state index contributed by atoms with van der Waals surface area (Å²) < 4.78 is 11.5. The second kappa shape index (κ2) is 23.3. The number of furan rings is 1. The largest absolute Gasteiger partial charge is 0.454 e. The lowest BCUT2D eigenvalue weighted by molar-refractivity contribution is 0.666. The van der Waals surface area contributed by atoms with E-state index >= 15 is 0 Å². The summed E-state index contributed by atoms with van der Waals surface area (Å²) in [7, 11) is 0. The van der Waals surface area contributed by atoms with E-state index in [1.54, 1.807) is 0 Å². The Hall–Kier alpha value is -6.70. The molecule has 4 heterocycles. The van der Waals surface area contributed by atoms with Crippen LogP contribution in [0.1, 0.15) is 87.6 Å². The van der Waals surface area contributed by atoms with Crippen LogP contribution < -0.4 is 15.5 Å². The number of nitrogens with zero attached hydrogens (tertiary/aromatic N) is 3. The van der Waals surface area contributed by atoms with Gasteiger partial charge in [-0.2, -0.15) is 0 Å². The van der Waals surface area contributed by atoms with Gasteiger partial charge in [0.15, 0.2) is 5.58 Å². The molecule has 5 aromatic carbocycles. The van der Waals surface area contributed by atoms with Gasteiger partial charge in [-0.05, 0) is 75.9 Å². The number of aryl methyl sites for hydroxylation is 1. The molecule has 0 spiro atoms. The predicted octanol–water partition coefficient (Wildman–Crippen LogP) is 15.6. The molecule has 62 heavy (non-hydrogen) atoms. The van der Waals surface area contributed by atoms with Gasteiger partial charge in [0, 0.05) is 61.0 Å². The van der Waals surface area contributed by atoms with Crippen molar-refractivity contribution in [3.63, 3.8) is 0 Å². The summed E-state index contributed by atoms with van der Waals surface area (Å²) in [6, 6.07) is 37.1. The highest BCUT2D eigenvalue weighted by atomic mass is 16.3. The van der Waals surface area contributed by atoms with Gasteiger partial charge in [0.1, 0.15) is 5.58 Å². The van der Waals surface area contributed by atoms with Gasteiger partial charge < -0.3 is 18.5 Å². The fraction of sp³-hybridized carbons (Fsp3) is 0.241. The standard InChI is InChI=1S/C46H39N3O.C4H8.3C2H6.C2H2/c1-5-6-7-14-29-47-37-22-11-8-19-35(37)43-31(4)48(30(2)3)45-32(17-15-24-39(43)47)27-28-40-44(45)36-20-9-12-23-38(36)49(40)41-25-16-21-34-33-18-10-13-26-42(33)50-46(34)41;1-3-4-2;4*1-2/h5-14,16,18-28H,2,15,17,29H2,1,3-4H3;3H,1,4H2,2H3;3*1-2H3;1-2H/b6-5-,14-7-,39-24+,43-31+;;;;;. The minimum absolute atomic E-state index is 0.801. The van der Waals surface area contributed by atoms with Crippen LogP contribution in [0.4, 0.5) is 5.69 Å². The van der Waals surface area contributed by atoms with Crippen LogP contribution in [-0.2, 0) is 13.0 Å². The summed E-state index contributed by atoms with van der Waals surface area (Å²) in [6.07, 6.45) is 23.8. The third-order valence-corrected chi connectivity index (χ3v) is 10.6. The second-order valence-electron chi connectivity index (χ2n) is 14.0. The molecular weight excluding hydrogens is 755 g/mol. The van der Waals surface area contributed by atoms with Crippen molar-refractivity contribution in [2.24, 2.45) is 0 Å². The van der Waals surface area contributed by atoms with Crippen molar-refractivity contribution in [2.75, 3.05) is 4.90 Å². The molecule has 1 aliphatic rings. The summed E-state index contributed by atoms with van der Waals surface area (Å²) in [4.78, 5) is 2.43. The molecular formula is C58H67N3O. The molecule has 0 amide bonds. The molecule has 4 nitrogen and oxygen atoms in total. The van der Waals surface area contributed by atoms with Crippen molar-refractivity contribution < 1.29 is 4.42 Å². The molecule has 1 aliphatic heterocycles. The Balaban J connectivity index is 0.000000644. The number of fused-ring (bicyclic) bond motifs is 11. The van der Waals surface area contributed by atoms with E-state index in [1.165, 1.54) is 49.2 Å². The lowest BCUT2D eigenvalue weighted by Crippen LogP contribution is -2.35. The van der Waals surface area contributed by atoms with Gasteiger partial charge in [-0.1, -0.05) is 164 Å². The topological polar surface area (TPSA) is 26.2 Å². The van der Waals surface area contributed by atoms with E-state index in [4.69, 9.17) is 4.42 Å². The molecule has 0 radical (unpaired) electrons. The van der Waals surface area contributed by atoms with Crippen LogP contribution >= 0.6 is 0 Å². The van der Waals surface area contributed by atoms with E-state index in [1.807, 2.05) is 53.7 Å². The summed E-state index contributed by atoms with van der Waals surface area (Å²) in [5.74, 6) is 0. The van der Waals surface area contributed by atoms with E-state index in [-0.39, 0.29) is 0 Å². The Morgan fingerprint density at radius 1 is 0.742 bits per heavy atom. The highest BCUT2D eigenvalue weighted by Crippen LogP contribution is 2.44. The Bertz CT molecular complexity index is 2970. The Morgan fingerprint density at radius 2 is 1.35 bits per heavy atom. The SMILES string of the molecule is C#C.C=C(C)N1/C(C)=c2/c(n(C/C=C\C=C/C)c3ccccc23)=C\CCc2ccc3c(c21)c1ccccc1n3-c1cccc2c1oc1ccccc12.C=CCC.CC.CC.CC. The number of hydrogen-bond acceptors (Lipinski definition) is 2. The molecule has 0 unspecified atom stereocenters. The average Bonchev–Trinajstić information content (AvgIpc) is 3.99. The number of hydrogen-bond donors (Lipinski definition) is 0. The number of para-hydroxylation sites is 4. The molecule has 0 bridgehead atoms. The fourth-order valence-corrected chi connectivity index (χ4v) is 8.30. The first-order valence-electron chi connectivity index (χ1n) is 22.4. The Kier molecular flexibility index (Phi) is 18.1. The summed E-state index contributed by atoms with van der Waals surface area (Å²) in [5, 5.41) is 8.50. The van der Waals surface area contributed by atoms with Crippen LogP contribution in [0.2, 0.25) is 0 Å². The maximum absolute atomic E-state index is 6.61. The first kappa shape index (κ1) is 48.0. The monoisotopic (exact) mass is 822 g/mol. The third-order valence-electron chi connectivity index (χ3n) is 10.6. The van der Waals surface area contributed by atoms with Crippen molar-refractivity contribution in [3.05, 3.63) is 168 Å². The van der Waals surface area contributed by atoms with Crippen molar-refractivity contribution >= 4 is 72.1 Å². The molecule has 0 fully saturated rings. The lowest BCUT2D eigenvalue weighted by atomic mass is 10.0. The summed E-state index contributed by atoms with van der Waals surface area (Å²) >= 11 is 0. The summed E-state index contributed by atoms with van der Waals surface area (Å²) in [5.41, 5.74) is 11.1. The van der Waals surface area contributed by atoms with Gasteiger partial charge in [0.05, 0.1) is 22.4 Å². The van der Waals surface area contributed by atoms with Gasteiger partial charge >= 0.3 is 0 Å². The minimum Gasteiger partial charge on any atom is -0.454 e. The smallest absolute Gasteiger partial charge is 0.159 e. The minimum atomic E-state index is 0.801. The molecule has 0 aliphatic carbocycles.